The Morgan fingerprint density at radius 3 is 2.61 bits per heavy atom. The van der Waals surface area contributed by atoms with Gasteiger partial charge in [-0.25, -0.2) is 0 Å². The molecule has 4 rings (SSSR count). The van der Waals surface area contributed by atoms with Crippen LogP contribution in [-0.4, -0.2) is 23.1 Å². The first-order valence-corrected chi connectivity index (χ1v) is 7.37. The monoisotopic (exact) mass is 243 g/mol. The van der Waals surface area contributed by atoms with Gasteiger partial charge in [-0.3, -0.25) is 4.90 Å². The van der Waals surface area contributed by atoms with Crippen LogP contribution in [0.4, 0.5) is 0 Å². The number of phenolic OH excluding ortho intramolecular Hbond substituents is 1. The zero-order valence-corrected chi connectivity index (χ0v) is 10.8. The van der Waals surface area contributed by atoms with Gasteiger partial charge in [0.2, 0.25) is 0 Å². The van der Waals surface area contributed by atoms with Crippen LogP contribution in [0.25, 0.3) is 0 Å². The first kappa shape index (κ1) is 10.9. The lowest BCUT2D eigenvalue weighted by Gasteiger charge is -2.25. The third-order valence-corrected chi connectivity index (χ3v) is 5.37. The SMILES string of the molecule is Oc1ccc2c(c1)CCC2N1CC2CCCC2C1. The predicted molar refractivity (Wildman–Crippen MR) is 71.6 cm³/mol. The molecule has 1 N–H and O–H groups in total. The fourth-order valence-corrected chi connectivity index (χ4v) is 4.49. The number of hydrogen-bond acceptors (Lipinski definition) is 2. The van der Waals surface area contributed by atoms with Crippen LogP contribution < -0.4 is 0 Å². The first-order valence-electron chi connectivity index (χ1n) is 7.37. The zero-order chi connectivity index (χ0) is 12.1. The van der Waals surface area contributed by atoms with E-state index in [0.717, 1.165) is 18.3 Å². The second-order valence-electron chi connectivity index (χ2n) is 6.34. The molecule has 2 nitrogen and oxygen atoms in total. The minimum atomic E-state index is 0.424. The molecule has 0 amide bonds. The molecule has 2 heteroatoms. The molecule has 3 atom stereocenters. The van der Waals surface area contributed by atoms with Crippen molar-refractivity contribution in [3.63, 3.8) is 0 Å². The average molecular weight is 243 g/mol. The molecule has 0 aromatic heterocycles. The topological polar surface area (TPSA) is 23.5 Å². The fourth-order valence-electron chi connectivity index (χ4n) is 4.49. The molecule has 1 aromatic carbocycles. The Morgan fingerprint density at radius 1 is 1.06 bits per heavy atom. The summed E-state index contributed by atoms with van der Waals surface area (Å²) in [7, 11) is 0. The maximum Gasteiger partial charge on any atom is 0.115 e. The summed E-state index contributed by atoms with van der Waals surface area (Å²) in [6.07, 6.45) is 6.75. The van der Waals surface area contributed by atoms with Crippen molar-refractivity contribution in [1.82, 2.24) is 4.90 Å². The van der Waals surface area contributed by atoms with Gasteiger partial charge in [0.05, 0.1) is 0 Å². The summed E-state index contributed by atoms with van der Waals surface area (Å²) in [6, 6.07) is 6.60. The highest BCUT2D eigenvalue weighted by molar-refractivity contribution is 5.40. The number of rotatable bonds is 1. The highest BCUT2D eigenvalue weighted by atomic mass is 16.3. The van der Waals surface area contributed by atoms with E-state index in [9.17, 15) is 5.11 Å². The van der Waals surface area contributed by atoms with Crippen LogP contribution in [0.3, 0.4) is 0 Å². The summed E-state index contributed by atoms with van der Waals surface area (Å²) >= 11 is 0. The number of phenols is 1. The van der Waals surface area contributed by atoms with Crippen LogP contribution in [0.15, 0.2) is 18.2 Å². The molecule has 0 spiro atoms. The van der Waals surface area contributed by atoms with Gasteiger partial charge in [-0.15, -0.1) is 0 Å². The van der Waals surface area contributed by atoms with Crippen LogP contribution in [0.5, 0.6) is 5.75 Å². The summed E-state index contributed by atoms with van der Waals surface area (Å²) in [4.78, 5) is 2.72. The maximum absolute atomic E-state index is 9.57. The highest BCUT2D eigenvalue weighted by Crippen LogP contribution is 2.45. The first-order chi connectivity index (χ1) is 8.81. The molecule has 1 aromatic rings. The number of aromatic hydroxyl groups is 1. The average Bonchev–Trinajstić information content (AvgIpc) is 2.98. The predicted octanol–water partition coefficient (Wildman–Crippen LogP) is 3.11. The highest BCUT2D eigenvalue weighted by Gasteiger charge is 2.40. The van der Waals surface area contributed by atoms with E-state index in [4.69, 9.17) is 0 Å². The van der Waals surface area contributed by atoms with Crippen molar-refractivity contribution in [2.24, 2.45) is 11.8 Å². The molecule has 1 saturated heterocycles. The lowest BCUT2D eigenvalue weighted by molar-refractivity contribution is 0.226. The molecule has 0 bridgehead atoms. The summed E-state index contributed by atoms with van der Waals surface area (Å²) in [5.41, 5.74) is 2.85. The normalized spacial score (nSPS) is 34.8. The lowest BCUT2D eigenvalue weighted by atomic mass is 10.0. The van der Waals surface area contributed by atoms with E-state index in [1.54, 1.807) is 0 Å². The molecule has 1 saturated carbocycles. The third-order valence-electron chi connectivity index (χ3n) is 5.37. The molecule has 0 radical (unpaired) electrons. The Morgan fingerprint density at radius 2 is 1.83 bits per heavy atom. The minimum Gasteiger partial charge on any atom is -0.508 e. The van der Waals surface area contributed by atoms with Crippen molar-refractivity contribution < 1.29 is 5.11 Å². The Labute approximate surface area is 109 Å². The Bertz CT molecular complexity index is 458. The van der Waals surface area contributed by atoms with E-state index in [1.807, 2.05) is 12.1 Å². The zero-order valence-electron chi connectivity index (χ0n) is 10.8. The van der Waals surface area contributed by atoms with Gasteiger partial charge < -0.3 is 5.11 Å². The summed E-state index contributed by atoms with van der Waals surface area (Å²) < 4.78 is 0. The van der Waals surface area contributed by atoms with Gasteiger partial charge >= 0.3 is 0 Å². The van der Waals surface area contributed by atoms with Gasteiger partial charge in [0.1, 0.15) is 5.75 Å². The number of likely N-dealkylation sites (tertiary alicyclic amines) is 1. The number of hydrogen-bond donors (Lipinski definition) is 1. The molecule has 3 unspecified atom stereocenters. The molecule has 96 valence electrons. The van der Waals surface area contributed by atoms with Crippen molar-refractivity contribution >= 4 is 0 Å². The van der Waals surface area contributed by atoms with Gasteiger partial charge in [-0.2, -0.15) is 0 Å². The van der Waals surface area contributed by atoms with Crippen LogP contribution >= 0.6 is 0 Å². The molecule has 18 heavy (non-hydrogen) atoms. The molecule has 1 heterocycles. The van der Waals surface area contributed by atoms with E-state index >= 15 is 0 Å². The Kier molecular flexibility index (Phi) is 2.41. The van der Waals surface area contributed by atoms with Gasteiger partial charge in [0.15, 0.2) is 0 Å². The summed E-state index contributed by atoms with van der Waals surface area (Å²) in [6.45, 7) is 2.63. The van der Waals surface area contributed by atoms with Crippen molar-refractivity contribution in [1.29, 1.82) is 0 Å². The van der Waals surface area contributed by atoms with Crippen LogP contribution in [0.1, 0.15) is 42.9 Å². The van der Waals surface area contributed by atoms with Crippen LogP contribution in [0.2, 0.25) is 0 Å². The summed E-state index contributed by atoms with van der Waals surface area (Å²) in [5, 5.41) is 9.57. The molecular formula is C16H21NO. The van der Waals surface area contributed by atoms with Gasteiger partial charge in [0, 0.05) is 19.1 Å². The molecular weight excluding hydrogens is 222 g/mol. The van der Waals surface area contributed by atoms with Crippen molar-refractivity contribution in [3.8, 4) is 5.75 Å². The van der Waals surface area contributed by atoms with E-state index in [1.165, 1.54) is 49.9 Å². The van der Waals surface area contributed by atoms with Crippen molar-refractivity contribution in [2.75, 3.05) is 13.1 Å². The quantitative estimate of drug-likeness (QED) is 0.819. The third kappa shape index (κ3) is 1.58. The fraction of sp³-hybridized carbons (Fsp3) is 0.625. The van der Waals surface area contributed by atoms with E-state index in [0.29, 0.717) is 11.8 Å². The van der Waals surface area contributed by atoms with Gasteiger partial charge in [0.25, 0.3) is 0 Å². The van der Waals surface area contributed by atoms with E-state index in [-0.39, 0.29) is 0 Å². The smallest absolute Gasteiger partial charge is 0.115 e. The van der Waals surface area contributed by atoms with Gasteiger partial charge in [-0.05, 0) is 60.8 Å². The second kappa shape index (κ2) is 3.99. The largest absolute Gasteiger partial charge is 0.508 e. The molecule has 3 aliphatic rings. The standard InChI is InChI=1S/C16H21NO/c18-14-5-6-15-11(8-14)4-7-16(15)17-9-12-2-1-3-13(12)10-17/h5-6,8,12-13,16,18H,1-4,7,9-10H2. The number of nitrogens with zero attached hydrogens (tertiary/aromatic N) is 1. The molecule has 1 aliphatic heterocycles. The van der Waals surface area contributed by atoms with E-state index in [2.05, 4.69) is 11.0 Å². The summed E-state index contributed by atoms with van der Waals surface area (Å²) in [5.74, 6) is 2.38. The van der Waals surface area contributed by atoms with Crippen LogP contribution in [0, 0.1) is 11.8 Å². The lowest BCUT2D eigenvalue weighted by Crippen LogP contribution is -2.25. The van der Waals surface area contributed by atoms with Crippen molar-refractivity contribution in [3.05, 3.63) is 29.3 Å². The number of aryl methyl sites for hydroxylation is 1. The maximum atomic E-state index is 9.57. The van der Waals surface area contributed by atoms with Crippen molar-refractivity contribution in [2.45, 2.75) is 38.1 Å². The van der Waals surface area contributed by atoms with Crippen LogP contribution in [-0.2, 0) is 6.42 Å². The number of fused-ring (bicyclic) bond motifs is 2. The molecule has 2 fully saturated rings. The second-order valence-corrected chi connectivity index (χ2v) is 6.34. The Balaban J connectivity index is 1.58. The number of benzene rings is 1. The molecule has 2 aliphatic carbocycles. The minimum absolute atomic E-state index is 0.424. The van der Waals surface area contributed by atoms with E-state index < -0.39 is 0 Å². The Hall–Kier alpha value is -1.02. The van der Waals surface area contributed by atoms with Gasteiger partial charge in [-0.1, -0.05) is 12.5 Å².